The van der Waals surface area contributed by atoms with Gasteiger partial charge in [0, 0.05) is 6.08 Å². The summed E-state index contributed by atoms with van der Waals surface area (Å²) in [6.45, 7) is 3.31. The lowest BCUT2D eigenvalue weighted by atomic mass is 10.3. The third kappa shape index (κ3) is 5.01. The zero-order chi connectivity index (χ0) is 15.1. The van der Waals surface area contributed by atoms with E-state index in [0.29, 0.717) is 6.42 Å². The van der Waals surface area contributed by atoms with E-state index in [0.717, 1.165) is 6.07 Å². The summed E-state index contributed by atoms with van der Waals surface area (Å²) in [4.78, 5) is 23.1. The molecule has 0 aliphatic carbocycles. The minimum Gasteiger partial charge on any atom is -0.449 e. The zero-order valence-electron chi connectivity index (χ0n) is 11.2. The first-order chi connectivity index (χ1) is 9.43. The SMILES string of the molecule is CC/C=C/C(=O)O[C@@H](C)C(=O)Nc1ccc(F)cc1Cl. The number of rotatable bonds is 5. The Morgan fingerprint density at radius 1 is 1.50 bits per heavy atom. The van der Waals surface area contributed by atoms with Crippen molar-refractivity contribution in [2.24, 2.45) is 0 Å². The van der Waals surface area contributed by atoms with Gasteiger partial charge in [-0.3, -0.25) is 4.79 Å². The molecule has 0 bridgehead atoms. The number of allylic oxidation sites excluding steroid dienone is 1. The number of hydrogen-bond donors (Lipinski definition) is 1. The van der Waals surface area contributed by atoms with Crippen LogP contribution < -0.4 is 5.32 Å². The number of nitrogens with one attached hydrogen (secondary N) is 1. The van der Waals surface area contributed by atoms with Gasteiger partial charge in [0.1, 0.15) is 5.82 Å². The molecule has 0 aliphatic rings. The Balaban J connectivity index is 2.61. The van der Waals surface area contributed by atoms with Gasteiger partial charge in [-0.1, -0.05) is 24.6 Å². The molecule has 1 N–H and O–H groups in total. The Bertz CT molecular complexity index is 531. The minimum atomic E-state index is -0.981. The fourth-order valence-corrected chi connectivity index (χ4v) is 1.52. The number of carbonyl (C=O) groups excluding carboxylic acids is 2. The highest BCUT2D eigenvalue weighted by Crippen LogP contribution is 2.22. The molecule has 0 unspecified atom stereocenters. The van der Waals surface area contributed by atoms with E-state index in [1.807, 2.05) is 6.92 Å². The van der Waals surface area contributed by atoms with Gasteiger partial charge in [-0.2, -0.15) is 0 Å². The van der Waals surface area contributed by atoms with Crippen molar-refractivity contribution in [2.45, 2.75) is 26.4 Å². The van der Waals surface area contributed by atoms with Crippen LogP contribution in [0.15, 0.2) is 30.4 Å². The normalized spacial score (nSPS) is 12.2. The predicted molar refractivity (Wildman–Crippen MR) is 75.0 cm³/mol. The van der Waals surface area contributed by atoms with Crippen LogP contribution in [0, 0.1) is 5.82 Å². The van der Waals surface area contributed by atoms with Crippen molar-refractivity contribution < 1.29 is 18.7 Å². The fourth-order valence-electron chi connectivity index (χ4n) is 1.31. The van der Waals surface area contributed by atoms with Crippen LogP contribution in [0.2, 0.25) is 5.02 Å². The molecule has 1 amide bonds. The molecule has 4 nitrogen and oxygen atoms in total. The molecule has 0 spiro atoms. The molecular formula is C14H15ClFNO3. The lowest BCUT2D eigenvalue weighted by Crippen LogP contribution is -2.29. The third-order valence-corrected chi connectivity index (χ3v) is 2.65. The van der Waals surface area contributed by atoms with E-state index in [9.17, 15) is 14.0 Å². The topological polar surface area (TPSA) is 55.4 Å². The van der Waals surface area contributed by atoms with Crippen molar-refractivity contribution in [1.82, 2.24) is 0 Å². The first-order valence-corrected chi connectivity index (χ1v) is 6.45. The smallest absolute Gasteiger partial charge is 0.331 e. The van der Waals surface area contributed by atoms with Gasteiger partial charge in [0.2, 0.25) is 0 Å². The Morgan fingerprint density at radius 3 is 2.80 bits per heavy atom. The molecule has 108 valence electrons. The largest absolute Gasteiger partial charge is 0.449 e. The fraction of sp³-hybridized carbons (Fsp3) is 0.286. The summed E-state index contributed by atoms with van der Waals surface area (Å²) in [5.41, 5.74) is 0.255. The van der Waals surface area contributed by atoms with Crippen molar-refractivity contribution in [3.05, 3.63) is 41.2 Å². The van der Waals surface area contributed by atoms with E-state index in [-0.39, 0.29) is 10.7 Å². The van der Waals surface area contributed by atoms with Crippen LogP contribution >= 0.6 is 11.6 Å². The monoisotopic (exact) mass is 299 g/mol. The summed E-state index contributed by atoms with van der Waals surface area (Å²) in [6.07, 6.45) is 2.60. The van der Waals surface area contributed by atoms with Crippen molar-refractivity contribution >= 4 is 29.2 Å². The standard InChI is InChI=1S/C14H15ClFNO3/c1-3-4-5-13(18)20-9(2)14(19)17-12-7-6-10(16)8-11(12)15/h4-9H,3H2,1-2H3,(H,17,19)/b5-4+/t9-/m0/s1. The molecule has 0 aliphatic heterocycles. The second-order valence-electron chi connectivity index (χ2n) is 4.00. The van der Waals surface area contributed by atoms with Crippen molar-refractivity contribution in [2.75, 3.05) is 5.32 Å². The summed E-state index contributed by atoms with van der Waals surface area (Å²) in [5, 5.41) is 2.53. The van der Waals surface area contributed by atoms with Crippen LogP contribution in [0.5, 0.6) is 0 Å². The van der Waals surface area contributed by atoms with Gasteiger partial charge < -0.3 is 10.1 Å². The number of carbonyl (C=O) groups is 2. The van der Waals surface area contributed by atoms with E-state index in [1.165, 1.54) is 25.1 Å². The highest BCUT2D eigenvalue weighted by molar-refractivity contribution is 6.33. The van der Waals surface area contributed by atoms with Crippen LogP contribution in [-0.4, -0.2) is 18.0 Å². The first-order valence-electron chi connectivity index (χ1n) is 6.07. The van der Waals surface area contributed by atoms with Crippen LogP contribution in [-0.2, 0) is 14.3 Å². The minimum absolute atomic E-state index is 0.0720. The van der Waals surface area contributed by atoms with Crippen LogP contribution in [0.25, 0.3) is 0 Å². The summed E-state index contributed by atoms with van der Waals surface area (Å²) >= 11 is 5.78. The van der Waals surface area contributed by atoms with E-state index >= 15 is 0 Å². The van der Waals surface area contributed by atoms with Gasteiger partial charge in [0.15, 0.2) is 6.10 Å². The molecule has 1 aromatic rings. The number of esters is 1. The van der Waals surface area contributed by atoms with E-state index in [1.54, 1.807) is 6.08 Å². The van der Waals surface area contributed by atoms with Crippen molar-refractivity contribution in [3.8, 4) is 0 Å². The summed E-state index contributed by atoms with van der Waals surface area (Å²) in [5.74, 6) is -1.64. The Labute approximate surface area is 121 Å². The summed E-state index contributed by atoms with van der Waals surface area (Å²) < 4.78 is 17.8. The molecule has 6 heteroatoms. The molecule has 1 rings (SSSR count). The molecule has 0 radical (unpaired) electrons. The Hall–Kier alpha value is -1.88. The molecule has 0 saturated heterocycles. The van der Waals surface area contributed by atoms with Gasteiger partial charge in [0.05, 0.1) is 10.7 Å². The number of halogens is 2. The molecule has 0 heterocycles. The number of amides is 1. The van der Waals surface area contributed by atoms with Gasteiger partial charge >= 0.3 is 5.97 Å². The molecular weight excluding hydrogens is 285 g/mol. The van der Waals surface area contributed by atoms with Gasteiger partial charge in [-0.15, -0.1) is 0 Å². The highest BCUT2D eigenvalue weighted by atomic mass is 35.5. The van der Waals surface area contributed by atoms with Crippen molar-refractivity contribution in [3.63, 3.8) is 0 Å². The molecule has 1 atom stereocenters. The molecule has 0 aromatic heterocycles. The maximum absolute atomic E-state index is 12.9. The van der Waals surface area contributed by atoms with Crippen molar-refractivity contribution in [1.29, 1.82) is 0 Å². The number of anilines is 1. The highest BCUT2D eigenvalue weighted by Gasteiger charge is 2.17. The average molecular weight is 300 g/mol. The van der Waals surface area contributed by atoms with Crippen LogP contribution in [0.4, 0.5) is 10.1 Å². The number of ether oxygens (including phenoxy) is 1. The lowest BCUT2D eigenvalue weighted by molar-refractivity contribution is -0.148. The quantitative estimate of drug-likeness (QED) is 0.670. The number of benzene rings is 1. The maximum atomic E-state index is 12.9. The lowest BCUT2D eigenvalue weighted by Gasteiger charge is -2.13. The maximum Gasteiger partial charge on any atom is 0.331 e. The summed E-state index contributed by atoms with van der Waals surface area (Å²) in [7, 11) is 0. The van der Waals surface area contributed by atoms with E-state index < -0.39 is 23.8 Å². The zero-order valence-corrected chi connectivity index (χ0v) is 11.9. The molecule has 1 aromatic carbocycles. The summed E-state index contributed by atoms with van der Waals surface area (Å²) in [6, 6.07) is 3.58. The Morgan fingerprint density at radius 2 is 2.20 bits per heavy atom. The average Bonchev–Trinajstić information content (AvgIpc) is 2.39. The second-order valence-corrected chi connectivity index (χ2v) is 4.41. The van der Waals surface area contributed by atoms with Gasteiger partial charge in [0.25, 0.3) is 5.91 Å². The van der Waals surface area contributed by atoms with E-state index in [4.69, 9.17) is 16.3 Å². The third-order valence-electron chi connectivity index (χ3n) is 2.34. The van der Waals surface area contributed by atoms with Gasteiger partial charge in [-0.25, -0.2) is 9.18 Å². The molecule has 0 saturated carbocycles. The number of hydrogen-bond acceptors (Lipinski definition) is 3. The Kier molecular flexibility index (Phi) is 6.18. The predicted octanol–water partition coefficient (Wildman–Crippen LogP) is 3.32. The van der Waals surface area contributed by atoms with Gasteiger partial charge in [-0.05, 0) is 31.5 Å². The van der Waals surface area contributed by atoms with Crippen LogP contribution in [0.1, 0.15) is 20.3 Å². The van der Waals surface area contributed by atoms with Crippen LogP contribution in [0.3, 0.4) is 0 Å². The molecule has 0 fully saturated rings. The molecule has 20 heavy (non-hydrogen) atoms. The second kappa shape index (κ2) is 7.65. The first kappa shape index (κ1) is 16.2. The van der Waals surface area contributed by atoms with E-state index in [2.05, 4.69) is 5.32 Å².